The van der Waals surface area contributed by atoms with Gasteiger partial charge in [0.2, 0.25) is 0 Å². The van der Waals surface area contributed by atoms with Gasteiger partial charge in [0.15, 0.2) is 0 Å². The molecule has 0 aliphatic heterocycles. The van der Waals surface area contributed by atoms with Crippen LogP contribution in [0.2, 0.25) is 0 Å². The second-order valence-corrected chi connectivity index (χ2v) is 4.11. The van der Waals surface area contributed by atoms with Gasteiger partial charge in [0, 0.05) is 9.13 Å². The predicted octanol–water partition coefficient (Wildman–Crippen LogP) is 4.13. The van der Waals surface area contributed by atoms with E-state index in [1.807, 2.05) is 0 Å². The summed E-state index contributed by atoms with van der Waals surface area (Å²) >= 11 is 4.51. The lowest BCUT2D eigenvalue weighted by Crippen LogP contribution is -1.91. The maximum atomic E-state index is 12.7. The van der Waals surface area contributed by atoms with Crippen LogP contribution in [-0.2, 0) is 0 Å². The lowest BCUT2D eigenvalue weighted by Gasteiger charge is -2.04. The van der Waals surface area contributed by atoms with Gasteiger partial charge in [0.1, 0.15) is 5.82 Å². The minimum absolute atomic E-state index is 0.0678. The molecule has 0 saturated heterocycles. The summed E-state index contributed by atoms with van der Waals surface area (Å²) in [6.45, 7) is 0. The molecule has 1 aromatic rings. The van der Waals surface area contributed by atoms with Crippen molar-refractivity contribution >= 4 is 38.5 Å². The number of benzene rings is 1. The van der Waals surface area contributed by atoms with Crippen LogP contribution in [0.5, 0.6) is 0 Å². The van der Waals surface area contributed by atoms with Crippen molar-refractivity contribution < 1.29 is 13.2 Å². The molecule has 0 aromatic heterocycles. The van der Waals surface area contributed by atoms with Gasteiger partial charge < -0.3 is 0 Å². The molecule has 0 N–H and O–H groups in total. The van der Waals surface area contributed by atoms with Crippen molar-refractivity contribution in [2.45, 2.75) is 6.43 Å². The van der Waals surface area contributed by atoms with E-state index in [0.717, 1.165) is 12.1 Å². The summed E-state index contributed by atoms with van der Waals surface area (Å²) in [5, 5.41) is 0. The second-order valence-electron chi connectivity index (χ2n) is 2.09. The lowest BCUT2D eigenvalue weighted by atomic mass is 10.2. The molecule has 0 bridgehead atoms. The molecule has 0 heterocycles. The average molecular weight is 351 g/mol. The minimum atomic E-state index is -2.56. The number of rotatable bonds is 1. The Kier molecular flexibility index (Phi) is 3.39. The van der Waals surface area contributed by atoms with Gasteiger partial charge in [0.05, 0.1) is 4.47 Å². The molecule has 12 heavy (non-hydrogen) atoms. The van der Waals surface area contributed by atoms with E-state index >= 15 is 0 Å². The standard InChI is InChI=1S/C7H3BrF3I/c8-4-1-3(7(10)11)6(12)2-5(4)9/h1-2,7H. The summed E-state index contributed by atoms with van der Waals surface area (Å²) in [5.74, 6) is -0.524. The zero-order chi connectivity index (χ0) is 9.30. The highest BCUT2D eigenvalue weighted by Gasteiger charge is 2.14. The largest absolute Gasteiger partial charge is 0.264 e. The van der Waals surface area contributed by atoms with Gasteiger partial charge >= 0.3 is 0 Å². The zero-order valence-corrected chi connectivity index (χ0v) is 9.37. The molecule has 0 fully saturated rings. The third-order valence-electron chi connectivity index (χ3n) is 1.27. The molecule has 0 saturated carbocycles. The minimum Gasteiger partial charge on any atom is -0.206 e. The van der Waals surface area contributed by atoms with Crippen LogP contribution in [0.4, 0.5) is 13.2 Å². The van der Waals surface area contributed by atoms with E-state index < -0.39 is 12.2 Å². The van der Waals surface area contributed by atoms with Crippen molar-refractivity contribution in [3.63, 3.8) is 0 Å². The van der Waals surface area contributed by atoms with Crippen LogP contribution in [0.25, 0.3) is 0 Å². The number of hydrogen-bond donors (Lipinski definition) is 0. The molecule has 0 unspecified atom stereocenters. The Morgan fingerprint density at radius 1 is 1.33 bits per heavy atom. The van der Waals surface area contributed by atoms with Crippen molar-refractivity contribution in [3.05, 3.63) is 31.6 Å². The Bertz CT molecular complexity index is 301. The van der Waals surface area contributed by atoms with E-state index in [1.165, 1.54) is 0 Å². The number of hydrogen-bond acceptors (Lipinski definition) is 0. The molecular weight excluding hydrogens is 348 g/mol. The van der Waals surface area contributed by atoms with Crippen molar-refractivity contribution in [2.24, 2.45) is 0 Å². The Balaban J connectivity index is 3.23. The van der Waals surface area contributed by atoms with E-state index in [-0.39, 0.29) is 13.6 Å². The van der Waals surface area contributed by atoms with Crippen LogP contribution in [-0.4, -0.2) is 0 Å². The second kappa shape index (κ2) is 3.95. The Morgan fingerprint density at radius 2 is 1.92 bits per heavy atom. The Labute approximate surface area is 89.4 Å². The molecule has 66 valence electrons. The third-order valence-corrected chi connectivity index (χ3v) is 2.82. The first-order chi connectivity index (χ1) is 5.52. The molecule has 1 aromatic carbocycles. The van der Waals surface area contributed by atoms with Gasteiger partial charge in [-0.05, 0) is 50.7 Å². The topological polar surface area (TPSA) is 0 Å². The Morgan fingerprint density at radius 3 is 2.42 bits per heavy atom. The maximum Gasteiger partial charge on any atom is 0.264 e. The van der Waals surface area contributed by atoms with Crippen LogP contribution in [0, 0.1) is 9.39 Å². The number of alkyl halides is 2. The SMILES string of the molecule is Fc1cc(I)c(C(F)F)cc1Br. The van der Waals surface area contributed by atoms with Crippen LogP contribution in [0.3, 0.4) is 0 Å². The molecule has 1 rings (SSSR count). The van der Waals surface area contributed by atoms with Gasteiger partial charge in [-0.1, -0.05) is 0 Å². The third kappa shape index (κ3) is 2.12. The summed E-state index contributed by atoms with van der Waals surface area (Å²) in [6.07, 6.45) is -2.56. The quantitative estimate of drug-likeness (QED) is 0.527. The first-order valence-corrected chi connectivity index (χ1v) is 4.82. The molecule has 0 radical (unpaired) electrons. The summed E-state index contributed by atoms with van der Waals surface area (Å²) in [6, 6.07) is 2.17. The molecule has 5 heteroatoms. The fourth-order valence-electron chi connectivity index (χ4n) is 0.705. The number of halogens is 5. The van der Waals surface area contributed by atoms with E-state index in [0.29, 0.717) is 0 Å². The van der Waals surface area contributed by atoms with Crippen LogP contribution in [0.15, 0.2) is 16.6 Å². The predicted molar refractivity (Wildman–Crippen MR) is 51.8 cm³/mol. The molecule has 0 aliphatic carbocycles. The molecule has 0 atom stereocenters. The summed E-state index contributed by atoms with van der Waals surface area (Å²) in [4.78, 5) is 0. The first-order valence-electron chi connectivity index (χ1n) is 2.95. The maximum absolute atomic E-state index is 12.7. The van der Waals surface area contributed by atoms with Gasteiger partial charge in [-0.2, -0.15) is 0 Å². The van der Waals surface area contributed by atoms with Crippen LogP contribution >= 0.6 is 38.5 Å². The van der Waals surface area contributed by atoms with Crippen LogP contribution in [0.1, 0.15) is 12.0 Å². The van der Waals surface area contributed by atoms with Gasteiger partial charge in [0.25, 0.3) is 6.43 Å². The summed E-state index contributed by atoms with van der Waals surface area (Å²) in [7, 11) is 0. The first kappa shape index (κ1) is 10.3. The summed E-state index contributed by atoms with van der Waals surface area (Å²) in [5.41, 5.74) is -0.149. The highest BCUT2D eigenvalue weighted by molar-refractivity contribution is 14.1. The van der Waals surface area contributed by atoms with Crippen molar-refractivity contribution in [3.8, 4) is 0 Å². The molecule has 0 spiro atoms. The monoisotopic (exact) mass is 350 g/mol. The fourth-order valence-corrected chi connectivity index (χ4v) is 1.73. The highest BCUT2D eigenvalue weighted by Crippen LogP contribution is 2.29. The van der Waals surface area contributed by atoms with E-state index in [9.17, 15) is 13.2 Å². The van der Waals surface area contributed by atoms with E-state index in [2.05, 4.69) is 15.9 Å². The summed E-state index contributed by atoms with van der Waals surface area (Å²) < 4.78 is 37.4. The van der Waals surface area contributed by atoms with Crippen LogP contribution < -0.4 is 0 Å². The molecule has 0 aliphatic rings. The highest BCUT2D eigenvalue weighted by atomic mass is 127. The van der Waals surface area contributed by atoms with Gasteiger partial charge in [-0.25, -0.2) is 13.2 Å². The molecule has 0 nitrogen and oxygen atoms in total. The van der Waals surface area contributed by atoms with E-state index in [4.69, 9.17) is 0 Å². The fraction of sp³-hybridized carbons (Fsp3) is 0.143. The van der Waals surface area contributed by atoms with Crippen molar-refractivity contribution in [1.29, 1.82) is 0 Å². The van der Waals surface area contributed by atoms with Crippen molar-refractivity contribution in [1.82, 2.24) is 0 Å². The Hall–Kier alpha value is 0.220. The smallest absolute Gasteiger partial charge is 0.206 e. The normalized spacial score (nSPS) is 10.8. The lowest BCUT2D eigenvalue weighted by molar-refractivity contribution is 0.150. The average Bonchev–Trinajstić information content (AvgIpc) is 1.96. The van der Waals surface area contributed by atoms with Crippen molar-refractivity contribution in [2.75, 3.05) is 0 Å². The molecular formula is C7H3BrF3I. The van der Waals surface area contributed by atoms with E-state index in [1.54, 1.807) is 22.6 Å². The zero-order valence-electron chi connectivity index (χ0n) is 5.62. The van der Waals surface area contributed by atoms with Gasteiger partial charge in [-0.15, -0.1) is 0 Å². The molecule has 0 amide bonds. The van der Waals surface area contributed by atoms with Gasteiger partial charge in [-0.3, -0.25) is 0 Å².